The number of nitrogens with zero attached hydrogens (tertiary/aromatic N) is 2. The van der Waals surface area contributed by atoms with Crippen molar-refractivity contribution in [3.8, 4) is 5.69 Å². The Morgan fingerprint density at radius 2 is 2.08 bits per heavy atom. The lowest BCUT2D eigenvalue weighted by atomic mass is 10.1. The van der Waals surface area contributed by atoms with E-state index in [0.717, 1.165) is 27.1 Å². The van der Waals surface area contributed by atoms with Crippen LogP contribution in [-0.4, -0.2) is 24.4 Å². The SMILES string of the molecule is O=C(Cc1ccccc1Br)Nc1ccc(-n2cc(F)cn2)c(S(=O)[O-])c1. The first-order chi connectivity index (χ1) is 12.4. The highest BCUT2D eigenvalue weighted by molar-refractivity contribution is 9.10. The van der Waals surface area contributed by atoms with Gasteiger partial charge < -0.3 is 9.87 Å². The topological polar surface area (TPSA) is 87.0 Å². The van der Waals surface area contributed by atoms with Gasteiger partial charge in [-0.15, -0.1) is 0 Å². The molecule has 0 fully saturated rings. The van der Waals surface area contributed by atoms with Crippen molar-refractivity contribution >= 4 is 38.6 Å². The molecule has 0 radical (unpaired) electrons. The molecule has 0 spiro atoms. The maximum absolute atomic E-state index is 13.1. The summed E-state index contributed by atoms with van der Waals surface area (Å²) in [5, 5.41) is 6.42. The smallest absolute Gasteiger partial charge is 0.228 e. The van der Waals surface area contributed by atoms with E-state index in [1.54, 1.807) is 0 Å². The quantitative estimate of drug-likeness (QED) is 0.622. The van der Waals surface area contributed by atoms with Gasteiger partial charge in [-0.05, 0) is 40.9 Å². The minimum atomic E-state index is -2.59. The summed E-state index contributed by atoms with van der Waals surface area (Å²) in [6.45, 7) is 0. The molecule has 134 valence electrons. The van der Waals surface area contributed by atoms with Crippen LogP contribution in [0.2, 0.25) is 0 Å². The minimum Gasteiger partial charge on any atom is -0.768 e. The van der Waals surface area contributed by atoms with Gasteiger partial charge in [0.15, 0.2) is 5.82 Å². The molecule has 1 atom stereocenters. The molecule has 0 aliphatic carbocycles. The first-order valence-corrected chi connectivity index (χ1v) is 9.28. The Morgan fingerprint density at radius 1 is 1.31 bits per heavy atom. The summed E-state index contributed by atoms with van der Waals surface area (Å²) in [6.07, 6.45) is 2.17. The largest absolute Gasteiger partial charge is 0.768 e. The summed E-state index contributed by atoms with van der Waals surface area (Å²) < 4.78 is 38.1. The minimum absolute atomic E-state index is 0.105. The zero-order chi connectivity index (χ0) is 18.7. The number of nitrogens with one attached hydrogen (secondary N) is 1. The van der Waals surface area contributed by atoms with Gasteiger partial charge in [0, 0.05) is 10.2 Å². The molecule has 1 aromatic heterocycles. The lowest BCUT2D eigenvalue weighted by molar-refractivity contribution is -0.115. The third-order valence-electron chi connectivity index (χ3n) is 3.53. The zero-order valence-corrected chi connectivity index (χ0v) is 15.6. The number of amides is 1. The Hall–Kier alpha value is -2.36. The number of halogens is 2. The van der Waals surface area contributed by atoms with Crippen molar-refractivity contribution < 1.29 is 17.9 Å². The van der Waals surface area contributed by atoms with E-state index in [0.29, 0.717) is 5.69 Å². The number of hydrogen-bond acceptors (Lipinski definition) is 4. The zero-order valence-electron chi connectivity index (χ0n) is 13.2. The predicted molar refractivity (Wildman–Crippen MR) is 97.2 cm³/mol. The Morgan fingerprint density at radius 3 is 2.73 bits per heavy atom. The molecule has 3 rings (SSSR count). The Balaban J connectivity index is 1.82. The van der Waals surface area contributed by atoms with E-state index in [2.05, 4.69) is 26.3 Å². The van der Waals surface area contributed by atoms with Crippen molar-refractivity contribution in [1.82, 2.24) is 9.78 Å². The second kappa shape index (κ2) is 7.90. The van der Waals surface area contributed by atoms with E-state index in [9.17, 15) is 17.9 Å². The molecule has 0 saturated carbocycles. The highest BCUT2D eigenvalue weighted by Crippen LogP contribution is 2.23. The van der Waals surface area contributed by atoms with Crippen LogP contribution >= 0.6 is 15.9 Å². The van der Waals surface area contributed by atoms with Crippen LogP contribution < -0.4 is 5.32 Å². The number of rotatable bonds is 5. The summed E-state index contributed by atoms with van der Waals surface area (Å²) in [5.41, 5.74) is 1.31. The van der Waals surface area contributed by atoms with Gasteiger partial charge in [0.2, 0.25) is 5.91 Å². The average molecular weight is 437 g/mol. The molecule has 1 amide bonds. The van der Waals surface area contributed by atoms with Gasteiger partial charge in [0.1, 0.15) is 0 Å². The molecule has 1 N–H and O–H groups in total. The molecular formula is C17H12BrFN3O3S-. The monoisotopic (exact) mass is 436 g/mol. The van der Waals surface area contributed by atoms with Gasteiger partial charge in [-0.1, -0.05) is 34.1 Å². The molecule has 6 nitrogen and oxygen atoms in total. The lowest BCUT2D eigenvalue weighted by Gasteiger charge is -2.14. The van der Waals surface area contributed by atoms with Crippen LogP contribution in [0.4, 0.5) is 10.1 Å². The number of anilines is 1. The average Bonchev–Trinajstić information content (AvgIpc) is 3.03. The van der Waals surface area contributed by atoms with Gasteiger partial charge in [-0.25, -0.2) is 9.07 Å². The Bertz CT molecular complexity index is 993. The van der Waals surface area contributed by atoms with Gasteiger partial charge in [0.25, 0.3) is 0 Å². The molecule has 2 aromatic carbocycles. The highest BCUT2D eigenvalue weighted by atomic mass is 79.9. The molecule has 9 heteroatoms. The van der Waals surface area contributed by atoms with Crippen LogP contribution in [0.5, 0.6) is 0 Å². The molecule has 0 saturated heterocycles. The van der Waals surface area contributed by atoms with Crippen molar-refractivity contribution in [2.75, 3.05) is 5.32 Å². The second-order valence-corrected chi connectivity index (χ2v) is 7.10. The first kappa shape index (κ1) is 18.4. The van der Waals surface area contributed by atoms with Gasteiger partial charge in [-0.2, -0.15) is 5.10 Å². The van der Waals surface area contributed by atoms with Crippen LogP contribution in [0.15, 0.2) is 64.2 Å². The fourth-order valence-electron chi connectivity index (χ4n) is 2.37. The van der Waals surface area contributed by atoms with E-state index in [-0.39, 0.29) is 22.9 Å². The first-order valence-electron chi connectivity index (χ1n) is 7.41. The van der Waals surface area contributed by atoms with E-state index in [1.807, 2.05) is 24.3 Å². The molecule has 3 aromatic rings. The van der Waals surface area contributed by atoms with Crippen molar-refractivity contribution in [2.24, 2.45) is 0 Å². The van der Waals surface area contributed by atoms with Crippen LogP contribution in [-0.2, 0) is 22.3 Å². The highest BCUT2D eigenvalue weighted by Gasteiger charge is 2.11. The third kappa shape index (κ3) is 4.24. The Labute approximate surface area is 159 Å². The maximum atomic E-state index is 13.1. The number of carbonyl (C=O) groups excluding carboxylic acids is 1. The normalized spacial score (nSPS) is 12.0. The number of benzene rings is 2. The van der Waals surface area contributed by atoms with E-state index in [4.69, 9.17) is 0 Å². The van der Waals surface area contributed by atoms with Crippen LogP contribution in [0.1, 0.15) is 5.56 Å². The third-order valence-corrected chi connectivity index (χ3v) is 4.99. The lowest BCUT2D eigenvalue weighted by Crippen LogP contribution is -2.15. The molecule has 0 aliphatic heterocycles. The predicted octanol–water partition coefficient (Wildman–Crippen LogP) is 3.19. The van der Waals surface area contributed by atoms with Crippen molar-refractivity contribution in [3.05, 3.63) is 70.7 Å². The standard InChI is InChI=1S/C17H13BrFN3O3S/c18-14-4-2-1-3-11(14)7-17(23)21-13-5-6-15(16(8-13)26(24)25)22-10-12(19)9-20-22/h1-6,8-10H,7H2,(H,21,23)(H,24,25)/p-1. The number of hydrogen-bond donors (Lipinski definition) is 1. The molecule has 0 aliphatic rings. The molecule has 0 bridgehead atoms. The van der Waals surface area contributed by atoms with Gasteiger partial charge in [0.05, 0.1) is 29.4 Å². The fraction of sp³-hybridized carbons (Fsp3) is 0.0588. The van der Waals surface area contributed by atoms with Crippen molar-refractivity contribution in [1.29, 1.82) is 0 Å². The molecular weight excluding hydrogens is 425 g/mol. The van der Waals surface area contributed by atoms with Gasteiger partial charge >= 0.3 is 0 Å². The van der Waals surface area contributed by atoms with E-state index < -0.39 is 16.9 Å². The molecule has 1 unspecified atom stereocenters. The molecule has 1 heterocycles. The van der Waals surface area contributed by atoms with Crippen LogP contribution in [0.3, 0.4) is 0 Å². The van der Waals surface area contributed by atoms with Crippen molar-refractivity contribution in [3.63, 3.8) is 0 Å². The second-order valence-electron chi connectivity index (χ2n) is 5.34. The summed E-state index contributed by atoms with van der Waals surface area (Å²) in [5.74, 6) is -0.879. The molecule has 26 heavy (non-hydrogen) atoms. The number of carbonyl (C=O) groups is 1. The summed E-state index contributed by atoms with van der Waals surface area (Å²) in [4.78, 5) is 12.1. The summed E-state index contributed by atoms with van der Waals surface area (Å²) >= 11 is 0.786. The van der Waals surface area contributed by atoms with Crippen LogP contribution in [0, 0.1) is 5.82 Å². The maximum Gasteiger partial charge on any atom is 0.228 e. The van der Waals surface area contributed by atoms with E-state index in [1.165, 1.54) is 18.2 Å². The van der Waals surface area contributed by atoms with E-state index >= 15 is 0 Å². The fourth-order valence-corrected chi connectivity index (χ4v) is 3.35. The Kier molecular flexibility index (Phi) is 5.60. The van der Waals surface area contributed by atoms with Gasteiger partial charge in [-0.3, -0.25) is 9.00 Å². The number of aromatic nitrogens is 2. The summed E-state index contributed by atoms with van der Waals surface area (Å²) in [6, 6.07) is 11.6. The van der Waals surface area contributed by atoms with Crippen LogP contribution in [0.25, 0.3) is 5.69 Å². The van der Waals surface area contributed by atoms with Crippen molar-refractivity contribution in [2.45, 2.75) is 11.3 Å². The summed E-state index contributed by atoms with van der Waals surface area (Å²) in [7, 11) is 0.